The fourth-order valence-electron chi connectivity index (χ4n) is 3.12. The van der Waals surface area contributed by atoms with E-state index >= 15 is 0 Å². The van der Waals surface area contributed by atoms with Crippen LogP contribution in [-0.4, -0.2) is 24.7 Å². The lowest BCUT2D eigenvalue weighted by atomic mass is 9.82. The van der Waals surface area contributed by atoms with Gasteiger partial charge in [-0.3, -0.25) is 10.9 Å². The maximum absolute atomic E-state index is 11.9. The third kappa shape index (κ3) is 3.11. The van der Waals surface area contributed by atoms with Crippen molar-refractivity contribution in [2.75, 3.05) is 6.54 Å². The number of hydrogen-bond donors (Lipinski definition) is 3. The second-order valence-electron chi connectivity index (χ2n) is 5.55. The SMILES string of the molecule is O=C(NC1CCCC2CNNC21)OCc1ccccc1. The molecular formula is C15H21N3O2. The van der Waals surface area contributed by atoms with Gasteiger partial charge in [-0.1, -0.05) is 36.8 Å². The van der Waals surface area contributed by atoms with Crippen molar-refractivity contribution in [1.82, 2.24) is 16.2 Å². The highest BCUT2D eigenvalue weighted by molar-refractivity contribution is 5.67. The summed E-state index contributed by atoms with van der Waals surface area (Å²) in [7, 11) is 0. The summed E-state index contributed by atoms with van der Waals surface area (Å²) in [4.78, 5) is 11.9. The van der Waals surface area contributed by atoms with Crippen LogP contribution in [0, 0.1) is 5.92 Å². The molecule has 3 rings (SSSR count). The van der Waals surface area contributed by atoms with Crippen LogP contribution in [0.3, 0.4) is 0 Å². The summed E-state index contributed by atoms with van der Waals surface area (Å²) < 4.78 is 5.28. The average Bonchev–Trinajstić information content (AvgIpc) is 2.96. The molecule has 5 nitrogen and oxygen atoms in total. The summed E-state index contributed by atoms with van der Waals surface area (Å²) in [5, 5.41) is 3.00. The monoisotopic (exact) mass is 275 g/mol. The van der Waals surface area contributed by atoms with E-state index in [0.717, 1.165) is 24.9 Å². The quantitative estimate of drug-likeness (QED) is 0.783. The van der Waals surface area contributed by atoms with E-state index < -0.39 is 0 Å². The van der Waals surface area contributed by atoms with Crippen molar-refractivity contribution in [3.63, 3.8) is 0 Å². The van der Waals surface area contributed by atoms with E-state index in [1.54, 1.807) is 0 Å². The van der Waals surface area contributed by atoms with Crippen LogP contribution in [0.25, 0.3) is 0 Å². The summed E-state index contributed by atoms with van der Waals surface area (Å²) in [6.45, 7) is 1.31. The molecule has 2 aliphatic rings. The van der Waals surface area contributed by atoms with E-state index in [0.29, 0.717) is 18.6 Å². The molecule has 0 aromatic heterocycles. The lowest BCUT2D eigenvalue weighted by Crippen LogP contribution is -2.53. The maximum atomic E-state index is 11.9. The first-order valence-corrected chi connectivity index (χ1v) is 7.28. The Morgan fingerprint density at radius 3 is 3.00 bits per heavy atom. The first-order chi connectivity index (χ1) is 9.83. The molecule has 1 aromatic carbocycles. The van der Waals surface area contributed by atoms with Crippen LogP contribution < -0.4 is 16.2 Å². The van der Waals surface area contributed by atoms with Crippen molar-refractivity contribution in [3.05, 3.63) is 35.9 Å². The Kier molecular flexibility index (Phi) is 4.18. The molecule has 1 aliphatic heterocycles. The Morgan fingerprint density at radius 1 is 1.30 bits per heavy atom. The Morgan fingerprint density at radius 2 is 2.15 bits per heavy atom. The second-order valence-corrected chi connectivity index (χ2v) is 5.55. The second kappa shape index (κ2) is 6.24. The Labute approximate surface area is 119 Å². The molecule has 1 heterocycles. The molecule has 0 radical (unpaired) electrons. The van der Waals surface area contributed by atoms with Crippen LogP contribution >= 0.6 is 0 Å². The lowest BCUT2D eigenvalue weighted by Gasteiger charge is -2.32. The first kappa shape index (κ1) is 13.4. The Hall–Kier alpha value is -1.59. The highest BCUT2D eigenvalue weighted by atomic mass is 16.5. The van der Waals surface area contributed by atoms with Crippen LogP contribution in [0.5, 0.6) is 0 Å². The summed E-state index contributed by atoms with van der Waals surface area (Å²) >= 11 is 0. The summed E-state index contributed by atoms with van der Waals surface area (Å²) in [6, 6.07) is 10.2. The van der Waals surface area contributed by atoms with Gasteiger partial charge in [-0.15, -0.1) is 0 Å². The number of benzene rings is 1. The molecule has 3 N–H and O–H groups in total. The van der Waals surface area contributed by atoms with Crippen molar-refractivity contribution < 1.29 is 9.53 Å². The van der Waals surface area contributed by atoms with Gasteiger partial charge < -0.3 is 10.1 Å². The van der Waals surface area contributed by atoms with Gasteiger partial charge in [-0.25, -0.2) is 4.79 Å². The number of ether oxygens (including phenoxy) is 1. The van der Waals surface area contributed by atoms with Gasteiger partial charge in [0.25, 0.3) is 0 Å². The zero-order valence-corrected chi connectivity index (χ0v) is 11.5. The van der Waals surface area contributed by atoms with E-state index in [-0.39, 0.29) is 12.1 Å². The Bertz CT molecular complexity index is 452. The topological polar surface area (TPSA) is 62.4 Å². The predicted octanol–water partition coefficient (Wildman–Crippen LogP) is 1.56. The van der Waals surface area contributed by atoms with Gasteiger partial charge in [0, 0.05) is 18.6 Å². The van der Waals surface area contributed by atoms with Gasteiger partial charge in [-0.2, -0.15) is 0 Å². The zero-order valence-electron chi connectivity index (χ0n) is 11.5. The highest BCUT2D eigenvalue weighted by Crippen LogP contribution is 2.26. The third-order valence-electron chi connectivity index (χ3n) is 4.18. The number of alkyl carbamates (subject to hydrolysis) is 1. The van der Waals surface area contributed by atoms with Gasteiger partial charge in [0.15, 0.2) is 0 Å². The number of carbonyl (C=O) groups is 1. The van der Waals surface area contributed by atoms with Crippen LogP contribution in [0.4, 0.5) is 4.79 Å². The van der Waals surface area contributed by atoms with Gasteiger partial charge in [0.2, 0.25) is 0 Å². The molecule has 1 aliphatic carbocycles. The number of hydrogen-bond acceptors (Lipinski definition) is 4. The maximum Gasteiger partial charge on any atom is 0.407 e. The fourth-order valence-corrected chi connectivity index (χ4v) is 3.12. The van der Waals surface area contributed by atoms with Crippen LogP contribution in [0.2, 0.25) is 0 Å². The molecule has 0 bridgehead atoms. The molecule has 5 heteroatoms. The molecule has 0 spiro atoms. The van der Waals surface area contributed by atoms with Crippen molar-refractivity contribution in [3.8, 4) is 0 Å². The molecule has 1 saturated heterocycles. The minimum Gasteiger partial charge on any atom is -0.445 e. The molecule has 3 atom stereocenters. The summed E-state index contributed by atoms with van der Waals surface area (Å²) in [6.07, 6.45) is 3.07. The fraction of sp³-hybridized carbons (Fsp3) is 0.533. The zero-order chi connectivity index (χ0) is 13.8. The molecular weight excluding hydrogens is 254 g/mol. The smallest absolute Gasteiger partial charge is 0.407 e. The van der Waals surface area contributed by atoms with E-state index in [9.17, 15) is 4.79 Å². The standard InChI is InChI=1S/C15H21N3O2/c19-15(20-10-11-5-2-1-3-6-11)17-13-8-4-7-12-9-16-18-14(12)13/h1-3,5-6,12-14,16,18H,4,7-10H2,(H,17,19). The number of fused-ring (bicyclic) bond motifs is 1. The number of carbonyl (C=O) groups excluding carboxylic acids is 1. The van der Waals surface area contributed by atoms with Gasteiger partial charge >= 0.3 is 6.09 Å². The van der Waals surface area contributed by atoms with E-state index in [2.05, 4.69) is 16.2 Å². The largest absolute Gasteiger partial charge is 0.445 e. The molecule has 20 heavy (non-hydrogen) atoms. The van der Waals surface area contributed by atoms with Gasteiger partial charge in [-0.05, 0) is 24.3 Å². The molecule has 1 saturated carbocycles. The first-order valence-electron chi connectivity index (χ1n) is 7.28. The number of amides is 1. The normalized spacial score (nSPS) is 28.7. The minimum absolute atomic E-state index is 0.159. The minimum atomic E-state index is -0.326. The number of rotatable bonds is 3. The molecule has 2 fully saturated rings. The predicted molar refractivity (Wildman–Crippen MR) is 75.8 cm³/mol. The number of hydrazine groups is 1. The van der Waals surface area contributed by atoms with Crippen molar-refractivity contribution in [2.24, 2.45) is 5.92 Å². The highest BCUT2D eigenvalue weighted by Gasteiger charge is 2.37. The van der Waals surface area contributed by atoms with Crippen LogP contribution in [0.15, 0.2) is 30.3 Å². The van der Waals surface area contributed by atoms with E-state index in [1.165, 1.54) is 6.42 Å². The van der Waals surface area contributed by atoms with Crippen molar-refractivity contribution in [2.45, 2.75) is 38.0 Å². The summed E-state index contributed by atoms with van der Waals surface area (Å²) in [5.41, 5.74) is 7.46. The molecule has 1 amide bonds. The van der Waals surface area contributed by atoms with Gasteiger partial charge in [0.05, 0.1) is 0 Å². The van der Waals surface area contributed by atoms with Crippen LogP contribution in [-0.2, 0) is 11.3 Å². The van der Waals surface area contributed by atoms with Crippen molar-refractivity contribution >= 4 is 6.09 Å². The summed E-state index contributed by atoms with van der Waals surface area (Å²) in [5.74, 6) is 0.614. The van der Waals surface area contributed by atoms with Gasteiger partial charge in [0.1, 0.15) is 6.61 Å². The Balaban J connectivity index is 1.48. The van der Waals surface area contributed by atoms with Crippen LogP contribution in [0.1, 0.15) is 24.8 Å². The lowest BCUT2D eigenvalue weighted by molar-refractivity contribution is 0.127. The molecule has 3 unspecified atom stereocenters. The van der Waals surface area contributed by atoms with E-state index in [1.807, 2.05) is 30.3 Å². The molecule has 108 valence electrons. The van der Waals surface area contributed by atoms with Crippen molar-refractivity contribution in [1.29, 1.82) is 0 Å². The van der Waals surface area contributed by atoms with E-state index in [4.69, 9.17) is 4.74 Å². The third-order valence-corrected chi connectivity index (χ3v) is 4.18. The average molecular weight is 275 g/mol. The molecule has 1 aromatic rings. The number of nitrogens with one attached hydrogen (secondary N) is 3.